The molecule has 0 aliphatic carbocycles. The molecule has 2 heterocycles. The highest BCUT2D eigenvalue weighted by Crippen LogP contribution is 2.27. The number of urea groups is 1. The van der Waals surface area contributed by atoms with Gasteiger partial charge in [-0.1, -0.05) is 16.9 Å². The van der Waals surface area contributed by atoms with Gasteiger partial charge in [0.15, 0.2) is 5.44 Å². The Morgan fingerprint density at radius 2 is 2.50 bits per heavy atom. The van der Waals surface area contributed by atoms with Crippen LogP contribution in [0.15, 0.2) is 11.7 Å². The van der Waals surface area contributed by atoms with Crippen LogP contribution in [0.2, 0.25) is 0 Å². The van der Waals surface area contributed by atoms with Crippen molar-refractivity contribution in [3.8, 4) is 5.19 Å². The second kappa shape index (κ2) is 5.91. The summed E-state index contributed by atoms with van der Waals surface area (Å²) >= 11 is 2.74. The molecule has 1 unspecified atom stereocenters. The number of rotatable bonds is 4. The summed E-state index contributed by atoms with van der Waals surface area (Å²) in [5.74, 6) is 0. The Balaban J connectivity index is 1.87. The summed E-state index contributed by atoms with van der Waals surface area (Å²) in [5.41, 5.74) is -0.0472. The number of thioether (sulfide) groups is 1. The van der Waals surface area contributed by atoms with Crippen molar-refractivity contribution in [2.24, 2.45) is 0 Å². The molecule has 0 fully saturated rings. The molecule has 1 aromatic heterocycles. The topological polar surface area (TPSA) is 76.6 Å². The third kappa shape index (κ3) is 3.05. The molecule has 1 atom stereocenters. The highest BCUT2D eigenvalue weighted by Gasteiger charge is 2.17. The van der Waals surface area contributed by atoms with E-state index in [1.54, 1.807) is 20.4 Å². The lowest BCUT2D eigenvalue weighted by Crippen LogP contribution is -2.34. The minimum absolute atomic E-state index is 0.0472. The normalized spacial score (nSPS) is 17.3. The molecule has 9 heteroatoms. The maximum atomic E-state index is 11.4. The Kier molecular flexibility index (Phi) is 4.26. The minimum atomic E-state index is -0.253. The van der Waals surface area contributed by atoms with Crippen LogP contribution in [0.3, 0.4) is 0 Å². The second-order valence-corrected chi connectivity index (χ2v) is 5.24. The first-order chi connectivity index (χ1) is 8.70. The number of nitrogens with zero attached hydrogens (tertiary/aromatic N) is 3. The van der Waals surface area contributed by atoms with E-state index >= 15 is 0 Å². The average Bonchev–Trinajstić information content (AvgIpc) is 3.05. The second-order valence-electron chi connectivity index (χ2n) is 3.25. The van der Waals surface area contributed by atoms with Gasteiger partial charge in [0.05, 0.1) is 6.26 Å². The first kappa shape index (κ1) is 13.0. The zero-order valence-electron chi connectivity index (χ0n) is 9.82. The van der Waals surface area contributed by atoms with Crippen molar-refractivity contribution in [1.82, 2.24) is 15.5 Å². The fraction of sp³-hybridized carbons (Fsp3) is 0.444. The smallest absolute Gasteiger partial charge is 0.323 e. The summed E-state index contributed by atoms with van der Waals surface area (Å²) in [6, 6.07) is -0.253. The van der Waals surface area contributed by atoms with Crippen LogP contribution in [0, 0.1) is 0 Å². The fourth-order valence-electron chi connectivity index (χ4n) is 1.14. The van der Waals surface area contributed by atoms with Crippen molar-refractivity contribution in [3.63, 3.8) is 0 Å². The molecule has 0 aromatic carbocycles. The standard InChI is InChI=1S/C9H12N4O3S2/c1-10-7(14)13(2)8-11-12-9(18-8)16-5-6-15-3-4-17-6/h3-4,6H,5H2,1-2H3,(H,10,14). The van der Waals surface area contributed by atoms with Gasteiger partial charge in [0.2, 0.25) is 5.13 Å². The van der Waals surface area contributed by atoms with Crippen LogP contribution in [0.4, 0.5) is 9.93 Å². The number of ether oxygens (including phenoxy) is 2. The molecule has 0 bridgehead atoms. The number of hydrogen-bond acceptors (Lipinski definition) is 7. The monoisotopic (exact) mass is 288 g/mol. The minimum Gasteiger partial charge on any atom is -0.483 e. The van der Waals surface area contributed by atoms with Crippen LogP contribution in [-0.2, 0) is 4.74 Å². The van der Waals surface area contributed by atoms with E-state index in [1.807, 2.05) is 5.41 Å². The highest BCUT2D eigenvalue weighted by atomic mass is 32.2. The summed E-state index contributed by atoms with van der Waals surface area (Å²) in [6.07, 6.45) is 1.63. The summed E-state index contributed by atoms with van der Waals surface area (Å²) in [6.45, 7) is 0.385. The maximum Gasteiger partial charge on any atom is 0.323 e. The molecular formula is C9H12N4O3S2. The largest absolute Gasteiger partial charge is 0.483 e. The van der Waals surface area contributed by atoms with Crippen molar-refractivity contribution in [2.45, 2.75) is 5.44 Å². The molecule has 7 nitrogen and oxygen atoms in total. The Morgan fingerprint density at radius 1 is 1.67 bits per heavy atom. The number of amides is 2. The third-order valence-electron chi connectivity index (χ3n) is 2.06. The predicted octanol–water partition coefficient (Wildman–Crippen LogP) is 1.25. The van der Waals surface area contributed by atoms with Gasteiger partial charge in [0, 0.05) is 19.5 Å². The molecule has 1 aromatic rings. The average molecular weight is 288 g/mol. The van der Waals surface area contributed by atoms with E-state index in [0.29, 0.717) is 16.9 Å². The molecule has 0 spiro atoms. The number of carbonyl (C=O) groups excluding carboxylic acids is 1. The molecule has 0 saturated carbocycles. The Morgan fingerprint density at radius 3 is 3.17 bits per heavy atom. The maximum absolute atomic E-state index is 11.4. The highest BCUT2D eigenvalue weighted by molar-refractivity contribution is 8.02. The first-order valence-corrected chi connectivity index (χ1v) is 6.84. The van der Waals surface area contributed by atoms with Crippen LogP contribution in [0.1, 0.15) is 0 Å². The number of nitrogens with one attached hydrogen (secondary N) is 1. The van der Waals surface area contributed by atoms with Crippen molar-refractivity contribution in [3.05, 3.63) is 11.7 Å². The summed E-state index contributed by atoms with van der Waals surface area (Å²) < 4.78 is 10.7. The van der Waals surface area contributed by atoms with Crippen molar-refractivity contribution in [2.75, 3.05) is 25.6 Å². The van der Waals surface area contributed by atoms with Crippen LogP contribution in [0.5, 0.6) is 5.19 Å². The third-order valence-corrected chi connectivity index (χ3v) is 3.79. The molecule has 2 amide bonds. The molecule has 1 aliphatic rings. The Bertz CT molecular complexity index is 443. The molecular weight excluding hydrogens is 276 g/mol. The molecule has 18 heavy (non-hydrogen) atoms. The van der Waals surface area contributed by atoms with Gasteiger partial charge in [-0.3, -0.25) is 4.90 Å². The first-order valence-electron chi connectivity index (χ1n) is 5.08. The quantitative estimate of drug-likeness (QED) is 0.898. The molecule has 1 aliphatic heterocycles. The molecule has 2 rings (SSSR count). The van der Waals surface area contributed by atoms with Crippen molar-refractivity contribution >= 4 is 34.3 Å². The van der Waals surface area contributed by atoms with Gasteiger partial charge >= 0.3 is 6.03 Å². The summed E-state index contributed by atoms with van der Waals surface area (Å²) in [7, 11) is 3.17. The zero-order valence-corrected chi connectivity index (χ0v) is 11.5. The molecule has 1 N–H and O–H groups in total. The number of carbonyl (C=O) groups is 1. The SMILES string of the molecule is CNC(=O)N(C)c1nnc(OCC2OC=CS2)s1. The van der Waals surface area contributed by atoms with Gasteiger partial charge < -0.3 is 14.8 Å². The van der Waals surface area contributed by atoms with E-state index in [4.69, 9.17) is 9.47 Å². The lowest BCUT2D eigenvalue weighted by atomic mass is 10.8. The van der Waals surface area contributed by atoms with Gasteiger partial charge in [-0.2, -0.15) is 0 Å². The Labute approximate surface area is 112 Å². The molecule has 0 saturated heterocycles. The number of aromatic nitrogens is 2. The van der Waals surface area contributed by atoms with Crippen LogP contribution in [-0.4, -0.2) is 42.4 Å². The van der Waals surface area contributed by atoms with Crippen LogP contribution in [0.25, 0.3) is 0 Å². The van der Waals surface area contributed by atoms with Gasteiger partial charge in [0.1, 0.15) is 6.61 Å². The van der Waals surface area contributed by atoms with E-state index < -0.39 is 0 Å². The number of anilines is 1. The predicted molar refractivity (Wildman–Crippen MR) is 69.9 cm³/mol. The van der Waals surface area contributed by atoms with Gasteiger partial charge in [-0.05, 0) is 11.3 Å². The van der Waals surface area contributed by atoms with E-state index in [0.717, 1.165) is 0 Å². The molecule has 98 valence electrons. The zero-order chi connectivity index (χ0) is 13.0. The lowest BCUT2D eigenvalue weighted by Gasteiger charge is -2.11. The van der Waals surface area contributed by atoms with Crippen LogP contribution < -0.4 is 15.0 Å². The van der Waals surface area contributed by atoms with Crippen molar-refractivity contribution in [1.29, 1.82) is 0 Å². The van der Waals surface area contributed by atoms with E-state index in [9.17, 15) is 4.79 Å². The van der Waals surface area contributed by atoms with Crippen molar-refractivity contribution < 1.29 is 14.3 Å². The fourth-order valence-corrected chi connectivity index (χ4v) is 2.39. The Hall–Kier alpha value is -1.48. The van der Waals surface area contributed by atoms with Gasteiger partial charge in [-0.25, -0.2) is 4.79 Å². The molecule has 0 radical (unpaired) electrons. The van der Waals surface area contributed by atoms with Gasteiger partial charge in [-0.15, -0.1) is 5.10 Å². The summed E-state index contributed by atoms with van der Waals surface area (Å²) in [5, 5.41) is 13.0. The van der Waals surface area contributed by atoms with E-state index in [2.05, 4.69) is 15.5 Å². The summed E-state index contributed by atoms with van der Waals surface area (Å²) in [4.78, 5) is 12.7. The lowest BCUT2D eigenvalue weighted by molar-refractivity contribution is 0.158. The van der Waals surface area contributed by atoms with Gasteiger partial charge in [0.25, 0.3) is 5.19 Å². The van der Waals surface area contributed by atoms with E-state index in [1.165, 1.54) is 28.0 Å². The van der Waals surface area contributed by atoms with Crippen LogP contribution >= 0.6 is 23.1 Å². The van der Waals surface area contributed by atoms with E-state index in [-0.39, 0.29) is 11.5 Å². The number of hydrogen-bond donors (Lipinski definition) is 1.